The van der Waals surface area contributed by atoms with Gasteiger partial charge in [-0.3, -0.25) is 19.5 Å². The van der Waals surface area contributed by atoms with Crippen molar-refractivity contribution >= 4 is 45.0 Å². The molecule has 0 aliphatic carbocycles. The molecule has 0 bridgehead atoms. The second-order valence-corrected chi connectivity index (χ2v) is 10.7. The molecule has 1 aliphatic rings. The highest BCUT2D eigenvalue weighted by Crippen LogP contribution is 2.36. The van der Waals surface area contributed by atoms with E-state index in [1.165, 1.54) is 23.8 Å². The van der Waals surface area contributed by atoms with Crippen molar-refractivity contribution in [3.8, 4) is 22.8 Å². The van der Waals surface area contributed by atoms with Crippen molar-refractivity contribution < 1.29 is 28.7 Å². The summed E-state index contributed by atoms with van der Waals surface area (Å²) in [5.41, 5.74) is 1.02. The van der Waals surface area contributed by atoms with Crippen molar-refractivity contribution in [2.45, 2.75) is 19.9 Å². The van der Waals surface area contributed by atoms with E-state index < -0.39 is 22.5 Å². The molecule has 210 valence electrons. The highest BCUT2D eigenvalue weighted by molar-refractivity contribution is 9.10. The number of aromatic nitrogens is 1. The average Bonchev–Trinajstić information content (AvgIpc) is 3.55. The number of carbonyl (C=O) groups excluding carboxylic acids is 1. The van der Waals surface area contributed by atoms with Gasteiger partial charge in [-0.15, -0.1) is 0 Å². The summed E-state index contributed by atoms with van der Waals surface area (Å²) in [7, 11) is 1.42. The zero-order chi connectivity index (χ0) is 29.4. The predicted molar refractivity (Wildman–Crippen MR) is 154 cm³/mol. The first-order valence-corrected chi connectivity index (χ1v) is 13.8. The van der Waals surface area contributed by atoms with Crippen LogP contribution in [0, 0.1) is 10.1 Å². The fourth-order valence-electron chi connectivity index (χ4n) is 4.47. The minimum Gasteiger partial charge on any atom is -0.503 e. The molecule has 0 amide bonds. The molecule has 0 unspecified atom stereocenters. The summed E-state index contributed by atoms with van der Waals surface area (Å²) < 4.78 is 18.7. The molecule has 0 radical (unpaired) electrons. The number of esters is 1. The average molecular weight is 640 g/mol. The second-order valence-electron chi connectivity index (χ2n) is 8.87. The number of halogens is 1. The van der Waals surface area contributed by atoms with E-state index in [-0.39, 0.29) is 35.1 Å². The quantitative estimate of drug-likeness (QED) is 0.177. The van der Waals surface area contributed by atoms with Crippen LogP contribution >= 0.6 is 27.3 Å². The van der Waals surface area contributed by atoms with Crippen molar-refractivity contribution in [1.29, 1.82) is 0 Å². The molecular weight excluding hydrogens is 618 g/mol. The van der Waals surface area contributed by atoms with Crippen LogP contribution in [0.15, 0.2) is 78.5 Å². The highest BCUT2D eigenvalue weighted by atomic mass is 79.9. The lowest BCUT2D eigenvalue weighted by atomic mass is 10.0. The number of furan rings is 1. The SMILES string of the molecule is CCOC(=O)C1=C(C)N=c2s/c(=C\c3cc(Br)c(O)c(OC)c3)c(=O)n2[C@H]1c1ccc(-c2cccc([N+](=O)[O-])c2)o1. The van der Waals surface area contributed by atoms with Gasteiger partial charge in [-0.1, -0.05) is 23.5 Å². The zero-order valence-corrected chi connectivity index (χ0v) is 24.3. The third kappa shape index (κ3) is 5.21. The summed E-state index contributed by atoms with van der Waals surface area (Å²) in [6.07, 6.45) is 1.63. The number of nitro groups is 1. The van der Waals surface area contributed by atoms with E-state index >= 15 is 0 Å². The van der Waals surface area contributed by atoms with E-state index in [0.717, 1.165) is 11.3 Å². The lowest BCUT2D eigenvalue weighted by Crippen LogP contribution is -2.39. The van der Waals surface area contributed by atoms with E-state index in [1.54, 1.807) is 56.3 Å². The Morgan fingerprint density at radius 2 is 2.07 bits per heavy atom. The number of carbonyl (C=O) groups is 1. The van der Waals surface area contributed by atoms with Crippen molar-refractivity contribution in [3.05, 3.63) is 105 Å². The predicted octanol–water partition coefficient (Wildman–Crippen LogP) is 4.44. The van der Waals surface area contributed by atoms with Gasteiger partial charge >= 0.3 is 5.97 Å². The summed E-state index contributed by atoms with van der Waals surface area (Å²) in [6.45, 7) is 3.44. The Morgan fingerprint density at radius 3 is 2.78 bits per heavy atom. The molecule has 11 nitrogen and oxygen atoms in total. The van der Waals surface area contributed by atoms with Crippen LogP contribution in [-0.4, -0.2) is 34.3 Å². The third-order valence-electron chi connectivity index (χ3n) is 6.32. The van der Waals surface area contributed by atoms with Gasteiger partial charge in [-0.05, 0) is 65.7 Å². The van der Waals surface area contributed by atoms with Crippen molar-refractivity contribution in [2.24, 2.45) is 4.99 Å². The van der Waals surface area contributed by atoms with E-state index in [9.17, 15) is 24.8 Å². The maximum atomic E-state index is 13.8. The van der Waals surface area contributed by atoms with Crippen LogP contribution in [-0.2, 0) is 9.53 Å². The van der Waals surface area contributed by atoms with Gasteiger partial charge in [0.25, 0.3) is 11.2 Å². The maximum Gasteiger partial charge on any atom is 0.338 e. The number of aromatic hydroxyl groups is 1. The summed E-state index contributed by atoms with van der Waals surface area (Å²) in [5, 5.41) is 21.4. The molecule has 0 saturated carbocycles. The molecule has 5 rings (SSSR count). The fourth-order valence-corrected chi connectivity index (χ4v) is 5.98. The first-order valence-electron chi connectivity index (χ1n) is 12.2. The van der Waals surface area contributed by atoms with Crippen molar-refractivity contribution in [3.63, 3.8) is 0 Å². The zero-order valence-electron chi connectivity index (χ0n) is 21.9. The topological polar surface area (TPSA) is 146 Å². The number of nitro benzene ring substituents is 1. The lowest BCUT2D eigenvalue weighted by Gasteiger charge is -2.22. The molecule has 13 heteroatoms. The van der Waals surface area contributed by atoms with Gasteiger partial charge in [0.15, 0.2) is 16.3 Å². The molecule has 3 heterocycles. The van der Waals surface area contributed by atoms with Crippen LogP contribution in [0.1, 0.15) is 31.2 Å². The minimum absolute atomic E-state index is 0.0711. The first kappa shape index (κ1) is 28.1. The first-order chi connectivity index (χ1) is 19.6. The number of allylic oxidation sites excluding steroid dienone is 1. The molecule has 0 saturated heterocycles. The number of fused-ring (bicyclic) bond motifs is 1. The number of hydrogen-bond donors (Lipinski definition) is 1. The largest absolute Gasteiger partial charge is 0.503 e. The van der Waals surface area contributed by atoms with Gasteiger partial charge in [0.1, 0.15) is 17.6 Å². The summed E-state index contributed by atoms with van der Waals surface area (Å²) >= 11 is 4.42. The Bertz CT molecular complexity index is 1920. The smallest absolute Gasteiger partial charge is 0.338 e. The Morgan fingerprint density at radius 1 is 1.29 bits per heavy atom. The molecule has 41 heavy (non-hydrogen) atoms. The number of ether oxygens (including phenoxy) is 2. The molecule has 0 spiro atoms. The summed E-state index contributed by atoms with van der Waals surface area (Å²) in [5.74, 6) is 0.0861. The number of phenols is 1. The van der Waals surface area contributed by atoms with Gasteiger partial charge < -0.3 is 19.0 Å². The van der Waals surface area contributed by atoms with Gasteiger partial charge in [0, 0.05) is 17.7 Å². The number of phenolic OH excluding ortho intramolecular Hbond substituents is 1. The Balaban J connectivity index is 1.68. The molecule has 1 N–H and O–H groups in total. The fraction of sp³-hybridized carbons (Fsp3) is 0.179. The second kappa shape index (κ2) is 11.2. The molecule has 0 fully saturated rings. The van der Waals surface area contributed by atoms with E-state index in [1.807, 2.05) is 0 Å². The standard InChI is InChI=1S/C28H22BrN3O8S/c1-4-39-27(35)23-14(2)30-28-31(26(34)22(41-28)12-15-10-18(29)25(33)21(11-15)38-3)24(23)20-9-8-19(40-20)16-6-5-7-17(13-16)32(36)37/h5-13,24,33H,4H2,1-3H3/b22-12-/t24-/m0/s1. The third-order valence-corrected chi connectivity index (χ3v) is 7.91. The van der Waals surface area contributed by atoms with Crippen LogP contribution in [0.3, 0.4) is 0 Å². The Kier molecular flexibility index (Phi) is 7.65. The maximum absolute atomic E-state index is 13.8. The highest BCUT2D eigenvalue weighted by Gasteiger charge is 2.35. The summed E-state index contributed by atoms with van der Waals surface area (Å²) in [4.78, 5) is 42.6. The monoisotopic (exact) mass is 639 g/mol. The number of methoxy groups -OCH3 is 1. The number of rotatable bonds is 7. The Hall–Kier alpha value is -4.49. The summed E-state index contributed by atoms with van der Waals surface area (Å²) in [6, 6.07) is 11.4. The number of benzene rings is 2. The van der Waals surface area contributed by atoms with E-state index in [2.05, 4.69) is 20.9 Å². The minimum atomic E-state index is -0.999. The van der Waals surface area contributed by atoms with Gasteiger partial charge in [0.05, 0.1) is 38.9 Å². The van der Waals surface area contributed by atoms with Crippen molar-refractivity contribution in [1.82, 2.24) is 4.57 Å². The van der Waals surface area contributed by atoms with Crippen LogP contribution in [0.4, 0.5) is 5.69 Å². The van der Waals surface area contributed by atoms with Gasteiger partial charge in [0.2, 0.25) is 0 Å². The molecule has 1 aliphatic heterocycles. The molecular formula is C28H22BrN3O8S. The number of nitrogens with zero attached hydrogens (tertiary/aromatic N) is 3. The van der Waals surface area contributed by atoms with Crippen LogP contribution in [0.25, 0.3) is 17.4 Å². The van der Waals surface area contributed by atoms with Crippen LogP contribution in [0.5, 0.6) is 11.5 Å². The van der Waals surface area contributed by atoms with Crippen LogP contribution < -0.4 is 19.6 Å². The molecule has 4 aromatic rings. The van der Waals surface area contributed by atoms with Gasteiger partial charge in [-0.25, -0.2) is 9.79 Å². The van der Waals surface area contributed by atoms with Crippen LogP contribution in [0.2, 0.25) is 0 Å². The number of hydrogen-bond acceptors (Lipinski definition) is 10. The van der Waals surface area contributed by atoms with Gasteiger partial charge in [-0.2, -0.15) is 0 Å². The van der Waals surface area contributed by atoms with Crippen molar-refractivity contribution in [2.75, 3.05) is 13.7 Å². The normalized spacial score (nSPS) is 14.9. The molecule has 1 atom stereocenters. The molecule has 2 aromatic carbocycles. The van der Waals surface area contributed by atoms with E-state index in [4.69, 9.17) is 13.9 Å². The Labute approximate surface area is 244 Å². The molecule has 2 aromatic heterocycles. The van der Waals surface area contributed by atoms with E-state index in [0.29, 0.717) is 36.4 Å². The lowest BCUT2D eigenvalue weighted by molar-refractivity contribution is -0.384. The number of thiazole rings is 1. The number of non-ortho nitro benzene ring substituents is 1.